The Bertz CT molecular complexity index is 1740. The quantitative estimate of drug-likeness (QED) is 0.217. The summed E-state index contributed by atoms with van der Waals surface area (Å²) in [5.74, 6) is 0.429. The van der Waals surface area contributed by atoms with E-state index >= 15 is 0 Å². The molecule has 0 unspecified atom stereocenters. The van der Waals surface area contributed by atoms with Crippen molar-refractivity contribution < 1.29 is 17.9 Å². The van der Waals surface area contributed by atoms with Crippen LogP contribution in [0.4, 0.5) is 23.0 Å². The highest BCUT2D eigenvalue weighted by molar-refractivity contribution is 7.87. The van der Waals surface area contributed by atoms with Gasteiger partial charge in [-0.2, -0.15) is 12.7 Å². The number of aromatic nitrogens is 3. The molecular formula is C30H38N8O4S. The van der Waals surface area contributed by atoms with Gasteiger partial charge in [-0.1, -0.05) is 31.7 Å². The van der Waals surface area contributed by atoms with E-state index in [1.165, 1.54) is 24.1 Å². The first-order valence-electron chi connectivity index (χ1n) is 13.7. The fourth-order valence-electron chi connectivity index (χ4n) is 4.44. The lowest BCUT2D eigenvalue weighted by Crippen LogP contribution is -2.31. The number of anilines is 4. The molecule has 0 fully saturated rings. The molecule has 0 saturated carbocycles. The van der Waals surface area contributed by atoms with E-state index in [1.54, 1.807) is 43.8 Å². The van der Waals surface area contributed by atoms with Gasteiger partial charge in [0.25, 0.3) is 0 Å². The number of amides is 1. The van der Waals surface area contributed by atoms with E-state index in [1.807, 2.05) is 30.1 Å². The van der Waals surface area contributed by atoms with Crippen molar-refractivity contribution in [3.05, 3.63) is 67.5 Å². The molecule has 0 atom stereocenters. The standard InChI is InChI=1S/C30H38N8O4S/c1-8-29(39)32-24-18-25(28(42-7)19-27(24)37(6)17-16-36(5)9-2)34-30-31-15-14-23(33-30)22-20-38(43(40,41)35(3)4)26-13-11-10-12-21(22)26/h8,10-15,18-20H,1,9,16-17H2,2-7H3,(H,32,39)(H,31,33,34). The van der Waals surface area contributed by atoms with E-state index in [4.69, 9.17) is 9.72 Å². The van der Waals surface area contributed by atoms with Gasteiger partial charge in [-0.15, -0.1) is 0 Å². The topological polar surface area (TPSA) is 125 Å². The second kappa shape index (κ2) is 13.2. The third-order valence-electron chi connectivity index (χ3n) is 7.10. The van der Waals surface area contributed by atoms with Crippen LogP contribution >= 0.6 is 0 Å². The zero-order valence-electron chi connectivity index (χ0n) is 25.3. The van der Waals surface area contributed by atoms with Crippen molar-refractivity contribution in [2.75, 3.05) is 70.5 Å². The fourth-order valence-corrected chi connectivity index (χ4v) is 5.44. The molecule has 0 radical (unpaired) electrons. The van der Waals surface area contributed by atoms with Gasteiger partial charge in [-0.25, -0.2) is 13.9 Å². The minimum atomic E-state index is -3.77. The van der Waals surface area contributed by atoms with Crippen LogP contribution in [0.1, 0.15) is 6.92 Å². The average molecular weight is 607 g/mol. The Morgan fingerprint density at radius 2 is 1.84 bits per heavy atom. The van der Waals surface area contributed by atoms with Gasteiger partial charge in [0.2, 0.25) is 11.9 Å². The van der Waals surface area contributed by atoms with E-state index in [-0.39, 0.29) is 11.9 Å². The third-order valence-corrected chi connectivity index (χ3v) is 8.82. The van der Waals surface area contributed by atoms with Crippen molar-refractivity contribution in [2.24, 2.45) is 0 Å². The van der Waals surface area contributed by atoms with Crippen LogP contribution in [0.3, 0.4) is 0 Å². The molecule has 0 saturated heterocycles. The van der Waals surface area contributed by atoms with Crippen LogP contribution in [0.2, 0.25) is 0 Å². The number of hydrogen-bond acceptors (Lipinski definition) is 9. The molecule has 12 nitrogen and oxygen atoms in total. The minimum absolute atomic E-state index is 0.259. The number of nitrogens with one attached hydrogen (secondary N) is 2. The number of methoxy groups -OCH3 is 1. The SMILES string of the molecule is C=CC(=O)Nc1cc(Nc2nccc(-c3cn(S(=O)(=O)N(C)C)c4ccccc34)n2)c(OC)cc1N(C)CCN(C)CC. The summed E-state index contributed by atoms with van der Waals surface area (Å²) in [7, 11) is 4.77. The molecule has 2 aromatic heterocycles. The summed E-state index contributed by atoms with van der Waals surface area (Å²) < 4.78 is 34.2. The van der Waals surface area contributed by atoms with Crippen LogP contribution in [-0.2, 0) is 15.0 Å². The number of ether oxygens (including phenoxy) is 1. The predicted octanol–water partition coefficient (Wildman–Crippen LogP) is 4.02. The molecule has 0 aliphatic carbocycles. The second-order valence-corrected chi connectivity index (χ2v) is 12.1. The van der Waals surface area contributed by atoms with Gasteiger partial charge in [-0.3, -0.25) is 4.79 Å². The smallest absolute Gasteiger partial charge is 0.307 e. The van der Waals surface area contributed by atoms with E-state index < -0.39 is 10.2 Å². The summed E-state index contributed by atoms with van der Waals surface area (Å²) in [6, 6.07) is 12.6. The van der Waals surface area contributed by atoms with Crippen molar-refractivity contribution in [2.45, 2.75) is 6.92 Å². The molecule has 2 heterocycles. The normalized spacial score (nSPS) is 11.6. The largest absolute Gasteiger partial charge is 0.494 e. The van der Waals surface area contributed by atoms with Crippen LogP contribution in [0, 0.1) is 0 Å². The number of para-hydroxylation sites is 1. The predicted molar refractivity (Wildman–Crippen MR) is 173 cm³/mol. The molecule has 4 rings (SSSR count). The maximum Gasteiger partial charge on any atom is 0.307 e. The lowest BCUT2D eigenvalue weighted by atomic mass is 10.1. The number of rotatable bonds is 13. The summed E-state index contributed by atoms with van der Waals surface area (Å²) in [5.41, 5.74) is 3.55. The Balaban J connectivity index is 1.74. The van der Waals surface area contributed by atoms with Crippen LogP contribution in [0.5, 0.6) is 5.75 Å². The van der Waals surface area contributed by atoms with Crippen molar-refractivity contribution in [1.29, 1.82) is 0 Å². The Morgan fingerprint density at radius 3 is 2.51 bits per heavy atom. The number of carbonyl (C=O) groups is 1. The molecule has 0 aliphatic rings. The molecule has 0 spiro atoms. The van der Waals surface area contributed by atoms with Crippen molar-refractivity contribution in [3.8, 4) is 17.0 Å². The van der Waals surface area contributed by atoms with Crippen LogP contribution in [0.25, 0.3) is 22.2 Å². The second-order valence-electron chi connectivity index (χ2n) is 10.1. The Labute approximate surface area is 252 Å². The zero-order valence-corrected chi connectivity index (χ0v) is 26.1. The first-order valence-corrected chi connectivity index (χ1v) is 15.1. The van der Waals surface area contributed by atoms with E-state index in [0.29, 0.717) is 33.9 Å². The molecule has 0 aliphatic heterocycles. The molecule has 228 valence electrons. The molecule has 43 heavy (non-hydrogen) atoms. The van der Waals surface area contributed by atoms with Gasteiger partial charge in [0.1, 0.15) is 5.75 Å². The summed E-state index contributed by atoms with van der Waals surface area (Å²) in [6.07, 6.45) is 4.37. The molecule has 4 aromatic rings. The summed E-state index contributed by atoms with van der Waals surface area (Å²) in [5, 5.41) is 6.83. The third kappa shape index (κ3) is 6.79. The monoisotopic (exact) mass is 606 g/mol. The Hall–Kier alpha value is -4.46. The number of fused-ring (bicyclic) bond motifs is 1. The zero-order chi connectivity index (χ0) is 31.3. The highest BCUT2D eigenvalue weighted by Gasteiger charge is 2.22. The van der Waals surface area contributed by atoms with Gasteiger partial charge < -0.3 is 25.2 Å². The number of benzene rings is 2. The summed E-state index contributed by atoms with van der Waals surface area (Å²) >= 11 is 0. The first-order chi connectivity index (χ1) is 20.5. The van der Waals surface area contributed by atoms with E-state index in [0.717, 1.165) is 35.0 Å². The number of likely N-dealkylation sites (N-methyl/N-ethyl adjacent to an activating group) is 2. The molecule has 0 bridgehead atoms. The van der Waals surface area contributed by atoms with Gasteiger partial charge in [-0.05, 0) is 37.9 Å². The van der Waals surface area contributed by atoms with E-state index in [2.05, 4.69) is 41.1 Å². The average Bonchev–Trinajstić information content (AvgIpc) is 3.40. The van der Waals surface area contributed by atoms with E-state index in [9.17, 15) is 13.2 Å². The lowest BCUT2D eigenvalue weighted by molar-refractivity contribution is -0.111. The summed E-state index contributed by atoms with van der Waals surface area (Å²) in [6.45, 7) is 8.15. The van der Waals surface area contributed by atoms with Crippen molar-refractivity contribution in [3.63, 3.8) is 0 Å². The fraction of sp³-hybridized carbons (Fsp3) is 0.300. The first kappa shape index (κ1) is 31.5. The van der Waals surface area contributed by atoms with Crippen molar-refractivity contribution >= 4 is 50.0 Å². The maximum absolute atomic E-state index is 13.1. The molecule has 2 aromatic carbocycles. The van der Waals surface area contributed by atoms with Gasteiger partial charge >= 0.3 is 10.2 Å². The lowest BCUT2D eigenvalue weighted by Gasteiger charge is -2.26. The Kier molecular flexibility index (Phi) is 9.69. The van der Waals surface area contributed by atoms with Gasteiger partial charge in [0.05, 0.1) is 35.4 Å². The Morgan fingerprint density at radius 1 is 1.09 bits per heavy atom. The van der Waals surface area contributed by atoms with Crippen molar-refractivity contribution in [1.82, 2.24) is 23.1 Å². The maximum atomic E-state index is 13.1. The molecular weight excluding hydrogens is 568 g/mol. The number of nitrogens with zero attached hydrogens (tertiary/aromatic N) is 6. The van der Waals surface area contributed by atoms with Crippen LogP contribution in [-0.4, -0.2) is 92.4 Å². The van der Waals surface area contributed by atoms with Crippen LogP contribution < -0.4 is 20.3 Å². The highest BCUT2D eigenvalue weighted by atomic mass is 32.2. The molecule has 13 heteroatoms. The highest BCUT2D eigenvalue weighted by Crippen LogP contribution is 2.38. The number of carbonyl (C=O) groups excluding carboxylic acids is 1. The molecule has 2 N–H and O–H groups in total. The summed E-state index contributed by atoms with van der Waals surface area (Å²) in [4.78, 5) is 25.7. The van der Waals surface area contributed by atoms with Gasteiger partial charge in [0.15, 0.2) is 0 Å². The minimum Gasteiger partial charge on any atom is -0.494 e. The molecule has 1 amide bonds. The number of hydrogen-bond donors (Lipinski definition) is 2. The van der Waals surface area contributed by atoms with Crippen LogP contribution in [0.15, 0.2) is 67.5 Å². The van der Waals surface area contributed by atoms with Gasteiger partial charge in [0, 0.05) is 63.6 Å².